The summed E-state index contributed by atoms with van der Waals surface area (Å²) in [5.41, 5.74) is 3.17. The minimum Gasteiger partial charge on any atom is -0.379 e. The first-order chi connectivity index (χ1) is 16.7. The zero-order valence-electron chi connectivity index (χ0n) is 19.7. The molecule has 2 aliphatic rings. The average molecular weight is 466 g/mol. The number of anilines is 2. The number of carbonyl (C=O) groups excluding carboxylic acids is 2. The van der Waals surface area contributed by atoms with Crippen LogP contribution in [0.15, 0.2) is 48.5 Å². The summed E-state index contributed by atoms with van der Waals surface area (Å²) in [4.78, 5) is 30.2. The van der Waals surface area contributed by atoms with Crippen molar-refractivity contribution >= 4 is 23.3 Å². The highest BCUT2D eigenvalue weighted by Gasteiger charge is 2.20. The molecule has 8 nitrogen and oxygen atoms in total. The first-order valence-electron chi connectivity index (χ1n) is 12.2. The van der Waals surface area contributed by atoms with Crippen molar-refractivity contribution in [2.45, 2.75) is 25.8 Å². The Balaban J connectivity index is 1.35. The van der Waals surface area contributed by atoms with Crippen molar-refractivity contribution in [3.63, 3.8) is 0 Å². The summed E-state index contributed by atoms with van der Waals surface area (Å²) in [5, 5.41) is 8.81. The molecule has 2 aromatic rings. The van der Waals surface area contributed by atoms with Crippen molar-refractivity contribution in [1.29, 1.82) is 0 Å². The van der Waals surface area contributed by atoms with Gasteiger partial charge in [0, 0.05) is 50.6 Å². The molecule has 2 heterocycles. The number of benzene rings is 2. The minimum absolute atomic E-state index is 0.0998. The fourth-order valence-corrected chi connectivity index (χ4v) is 4.41. The number of nitrogens with zero attached hydrogens (tertiary/aromatic N) is 2. The molecular weight excluding hydrogens is 430 g/mol. The van der Waals surface area contributed by atoms with Gasteiger partial charge in [-0.1, -0.05) is 30.3 Å². The van der Waals surface area contributed by atoms with Crippen LogP contribution in [0, 0.1) is 0 Å². The molecule has 0 radical (unpaired) electrons. The van der Waals surface area contributed by atoms with Crippen molar-refractivity contribution in [3.8, 4) is 0 Å². The Kier molecular flexibility index (Phi) is 8.76. The van der Waals surface area contributed by atoms with Crippen molar-refractivity contribution in [2.24, 2.45) is 0 Å². The third kappa shape index (κ3) is 6.95. The van der Waals surface area contributed by atoms with Crippen LogP contribution in [0.25, 0.3) is 0 Å². The molecule has 0 spiro atoms. The predicted molar refractivity (Wildman–Crippen MR) is 134 cm³/mol. The number of morpholine rings is 1. The van der Waals surface area contributed by atoms with E-state index in [0.29, 0.717) is 24.3 Å². The number of urea groups is 1. The number of rotatable bonds is 9. The Bertz CT molecular complexity index is 941. The van der Waals surface area contributed by atoms with E-state index in [9.17, 15) is 9.59 Å². The lowest BCUT2D eigenvalue weighted by molar-refractivity contribution is 0.0374. The number of hydrogen-bond donors (Lipinski definition) is 3. The van der Waals surface area contributed by atoms with Gasteiger partial charge in [-0.05, 0) is 49.6 Å². The Morgan fingerprint density at radius 1 is 0.912 bits per heavy atom. The van der Waals surface area contributed by atoms with Gasteiger partial charge in [0.05, 0.1) is 18.8 Å². The Morgan fingerprint density at radius 2 is 1.68 bits per heavy atom. The number of carbonyl (C=O) groups is 2. The topological polar surface area (TPSA) is 85.9 Å². The molecule has 0 atom stereocenters. The molecule has 0 saturated carbocycles. The molecule has 0 unspecified atom stereocenters. The molecule has 3 amide bonds. The molecule has 2 saturated heterocycles. The molecule has 3 N–H and O–H groups in total. The highest BCUT2D eigenvalue weighted by molar-refractivity contribution is 6.02. The van der Waals surface area contributed by atoms with E-state index in [4.69, 9.17) is 4.74 Å². The number of hydrogen-bond acceptors (Lipinski definition) is 5. The quantitative estimate of drug-likeness (QED) is 0.496. The Morgan fingerprint density at radius 3 is 2.44 bits per heavy atom. The average Bonchev–Trinajstić information content (AvgIpc) is 3.41. The fraction of sp³-hybridized carbons (Fsp3) is 0.462. The van der Waals surface area contributed by atoms with Gasteiger partial charge in [0.1, 0.15) is 0 Å². The van der Waals surface area contributed by atoms with Gasteiger partial charge in [-0.3, -0.25) is 9.69 Å². The third-order valence-corrected chi connectivity index (χ3v) is 6.28. The molecule has 0 aliphatic carbocycles. The number of nitrogens with one attached hydrogen (secondary N) is 3. The van der Waals surface area contributed by atoms with Crippen LogP contribution < -0.4 is 20.9 Å². The van der Waals surface area contributed by atoms with E-state index in [-0.39, 0.29) is 11.9 Å². The maximum Gasteiger partial charge on any atom is 0.319 e. The standard InChI is InChI=1S/C26H35N5O3/c32-25(27-11-6-12-30-15-17-34-18-16-30)23-19-22(9-10-24(23)31-13-4-5-14-31)29-26(33)28-20-21-7-2-1-3-8-21/h1-3,7-10,19H,4-6,11-18,20H2,(H,27,32)(H2,28,29,33). The van der Waals surface area contributed by atoms with Crippen LogP contribution in [0.4, 0.5) is 16.2 Å². The summed E-state index contributed by atoms with van der Waals surface area (Å²) in [7, 11) is 0. The lowest BCUT2D eigenvalue weighted by Gasteiger charge is -2.26. The van der Waals surface area contributed by atoms with Crippen LogP contribution in [0.2, 0.25) is 0 Å². The molecular formula is C26H35N5O3. The molecule has 34 heavy (non-hydrogen) atoms. The first kappa shape index (κ1) is 24.0. The monoisotopic (exact) mass is 465 g/mol. The molecule has 4 rings (SSSR count). The van der Waals surface area contributed by atoms with Crippen LogP contribution in [-0.2, 0) is 11.3 Å². The van der Waals surface area contributed by atoms with Crippen LogP contribution in [0.1, 0.15) is 35.2 Å². The zero-order chi connectivity index (χ0) is 23.6. The van der Waals surface area contributed by atoms with Crippen LogP contribution in [-0.4, -0.2) is 69.3 Å². The SMILES string of the molecule is O=C(NCc1ccccc1)Nc1ccc(N2CCCC2)c(C(=O)NCCCN2CCOCC2)c1. The van der Waals surface area contributed by atoms with Gasteiger partial charge < -0.3 is 25.6 Å². The van der Waals surface area contributed by atoms with E-state index in [2.05, 4.69) is 25.8 Å². The van der Waals surface area contributed by atoms with Crippen LogP contribution >= 0.6 is 0 Å². The summed E-state index contributed by atoms with van der Waals surface area (Å²) in [6, 6.07) is 15.1. The van der Waals surface area contributed by atoms with Crippen molar-refractivity contribution < 1.29 is 14.3 Å². The summed E-state index contributed by atoms with van der Waals surface area (Å²) < 4.78 is 5.39. The van der Waals surface area contributed by atoms with E-state index in [0.717, 1.165) is 76.5 Å². The lowest BCUT2D eigenvalue weighted by Crippen LogP contribution is -2.38. The highest BCUT2D eigenvalue weighted by Crippen LogP contribution is 2.27. The highest BCUT2D eigenvalue weighted by atomic mass is 16.5. The van der Waals surface area contributed by atoms with Crippen molar-refractivity contribution in [2.75, 3.05) is 62.7 Å². The maximum atomic E-state index is 13.1. The van der Waals surface area contributed by atoms with E-state index in [1.807, 2.05) is 42.5 Å². The molecule has 2 fully saturated rings. The van der Waals surface area contributed by atoms with Gasteiger partial charge >= 0.3 is 6.03 Å². The summed E-state index contributed by atoms with van der Waals surface area (Å²) >= 11 is 0. The Labute approximate surface area is 201 Å². The second-order valence-electron chi connectivity index (χ2n) is 8.78. The third-order valence-electron chi connectivity index (χ3n) is 6.28. The molecule has 0 aromatic heterocycles. The van der Waals surface area contributed by atoms with Gasteiger partial charge in [0.15, 0.2) is 0 Å². The lowest BCUT2D eigenvalue weighted by atomic mass is 10.1. The van der Waals surface area contributed by atoms with E-state index in [1.165, 1.54) is 0 Å². The van der Waals surface area contributed by atoms with E-state index < -0.39 is 0 Å². The second kappa shape index (κ2) is 12.4. The molecule has 2 aliphatic heterocycles. The van der Waals surface area contributed by atoms with E-state index >= 15 is 0 Å². The number of ether oxygens (including phenoxy) is 1. The van der Waals surface area contributed by atoms with Gasteiger partial charge in [0.2, 0.25) is 0 Å². The first-order valence-corrected chi connectivity index (χ1v) is 12.2. The maximum absolute atomic E-state index is 13.1. The molecule has 182 valence electrons. The number of amides is 3. The van der Waals surface area contributed by atoms with Gasteiger partial charge in [-0.2, -0.15) is 0 Å². The fourth-order valence-electron chi connectivity index (χ4n) is 4.41. The Hall–Kier alpha value is -3.10. The second-order valence-corrected chi connectivity index (χ2v) is 8.78. The largest absolute Gasteiger partial charge is 0.379 e. The smallest absolute Gasteiger partial charge is 0.319 e. The molecule has 8 heteroatoms. The molecule has 2 aromatic carbocycles. The zero-order valence-corrected chi connectivity index (χ0v) is 19.7. The summed E-state index contributed by atoms with van der Waals surface area (Å²) in [6.07, 6.45) is 3.15. The summed E-state index contributed by atoms with van der Waals surface area (Å²) in [6.45, 7) is 7.36. The van der Waals surface area contributed by atoms with E-state index in [1.54, 1.807) is 6.07 Å². The van der Waals surface area contributed by atoms with Crippen molar-refractivity contribution in [1.82, 2.24) is 15.5 Å². The van der Waals surface area contributed by atoms with Gasteiger partial charge in [-0.15, -0.1) is 0 Å². The van der Waals surface area contributed by atoms with Gasteiger partial charge in [0.25, 0.3) is 5.91 Å². The molecule has 0 bridgehead atoms. The van der Waals surface area contributed by atoms with Crippen LogP contribution in [0.5, 0.6) is 0 Å². The predicted octanol–water partition coefficient (Wildman–Crippen LogP) is 3.06. The summed E-state index contributed by atoms with van der Waals surface area (Å²) in [5.74, 6) is -0.0998. The van der Waals surface area contributed by atoms with Gasteiger partial charge in [-0.25, -0.2) is 4.79 Å². The van der Waals surface area contributed by atoms with Crippen LogP contribution in [0.3, 0.4) is 0 Å². The normalized spacial score (nSPS) is 16.3. The minimum atomic E-state index is -0.297. The van der Waals surface area contributed by atoms with Crippen molar-refractivity contribution in [3.05, 3.63) is 59.7 Å².